The maximum atomic E-state index is 12.9. The third-order valence-corrected chi connectivity index (χ3v) is 6.17. The number of carbonyl (C=O) groups excluding carboxylic acids is 2. The van der Waals surface area contributed by atoms with Gasteiger partial charge in [-0.05, 0) is 37.8 Å². The van der Waals surface area contributed by atoms with Gasteiger partial charge in [-0.15, -0.1) is 11.3 Å². The standard InChI is InChI=1S/C19H21N3O2S/c23-17(21-15-9-5-11-20-18(15)24)12-6-1-2-7-13(12)19-22-14-8-3-4-10-16(14)25-19/h1-4,8,10,12-13,15H,5-7,9,11H2,(H,20,24)(H,21,23)/t12-,13+,15+/m1/s1. The van der Waals surface area contributed by atoms with E-state index in [-0.39, 0.29) is 23.7 Å². The van der Waals surface area contributed by atoms with E-state index in [0.717, 1.165) is 28.1 Å². The van der Waals surface area contributed by atoms with Crippen molar-refractivity contribution in [3.63, 3.8) is 0 Å². The van der Waals surface area contributed by atoms with E-state index in [9.17, 15) is 9.59 Å². The van der Waals surface area contributed by atoms with Crippen molar-refractivity contribution in [2.24, 2.45) is 5.92 Å². The smallest absolute Gasteiger partial charge is 0.242 e. The number of carbonyl (C=O) groups is 2. The highest BCUT2D eigenvalue weighted by Crippen LogP contribution is 2.38. The predicted octanol–water partition coefficient (Wildman–Crippen LogP) is 2.74. The number of aromatic nitrogens is 1. The van der Waals surface area contributed by atoms with Crippen LogP contribution in [0.15, 0.2) is 36.4 Å². The van der Waals surface area contributed by atoms with Crippen LogP contribution in [0.2, 0.25) is 0 Å². The normalized spacial score (nSPS) is 26.4. The Hall–Kier alpha value is -2.21. The van der Waals surface area contributed by atoms with Crippen LogP contribution in [0.3, 0.4) is 0 Å². The van der Waals surface area contributed by atoms with Crippen molar-refractivity contribution < 1.29 is 9.59 Å². The first-order valence-electron chi connectivity index (χ1n) is 8.81. The number of allylic oxidation sites excluding steroid dienone is 2. The van der Waals surface area contributed by atoms with Crippen LogP contribution in [0.5, 0.6) is 0 Å². The molecule has 25 heavy (non-hydrogen) atoms. The first-order chi connectivity index (χ1) is 12.2. The Morgan fingerprint density at radius 1 is 1.24 bits per heavy atom. The molecular formula is C19H21N3O2S. The minimum atomic E-state index is -0.400. The molecule has 2 N–H and O–H groups in total. The molecule has 2 amide bonds. The number of nitrogens with one attached hydrogen (secondary N) is 2. The zero-order valence-electron chi connectivity index (χ0n) is 13.9. The Labute approximate surface area is 150 Å². The average Bonchev–Trinajstić information content (AvgIpc) is 3.07. The Balaban J connectivity index is 1.55. The number of fused-ring (bicyclic) bond motifs is 1. The van der Waals surface area contributed by atoms with Crippen LogP contribution in [0.25, 0.3) is 10.2 Å². The predicted molar refractivity (Wildman–Crippen MR) is 98.4 cm³/mol. The lowest BCUT2D eigenvalue weighted by atomic mass is 9.82. The highest BCUT2D eigenvalue weighted by Gasteiger charge is 2.34. The van der Waals surface area contributed by atoms with E-state index in [4.69, 9.17) is 4.98 Å². The molecule has 0 unspecified atom stereocenters. The van der Waals surface area contributed by atoms with Gasteiger partial charge in [-0.1, -0.05) is 24.3 Å². The van der Waals surface area contributed by atoms with Crippen molar-refractivity contribution in [1.82, 2.24) is 15.6 Å². The van der Waals surface area contributed by atoms with Crippen molar-refractivity contribution in [1.29, 1.82) is 0 Å². The average molecular weight is 355 g/mol. The fraction of sp³-hybridized carbons (Fsp3) is 0.421. The molecule has 2 aromatic rings. The van der Waals surface area contributed by atoms with E-state index < -0.39 is 6.04 Å². The quantitative estimate of drug-likeness (QED) is 0.832. The molecule has 1 saturated heterocycles. The summed E-state index contributed by atoms with van der Waals surface area (Å²) in [5.74, 6) is -0.188. The van der Waals surface area contributed by atoms with Gasteiger partial charge in [0.1, 0.15) is 6.04 Å². The van der Waals surface area contributed by atoms with Gasteiger partial charge in [-0.2, -0.15) is 0 Å². The summed E-state index contributed by atoms with van der Waals surface area (Å²) in [6.45, 7) is 0.700. The summed E-state index contributed by atoms with van der Waals surface area (Å²) in [5, 5.41) is 6.80. The van der Waals surface area contributed by atoms with Gasteiger partial charge >= 0.3 is 0 Å². The Bertz CT molecular complexity index is 796. The molecule has 0 saturated carbocycles. The lowest BCUT2D eigenvalue weighted by molar-refractivity contribution is -0.132. The molecule has 1 aliphatic heterocycles. The summed E-state index contributed by atoms with van der Waals surface area (Å²) >= 11 is 1.67. The summed E-state index contributed by atoms with van der Waals surface area (Å²) in [4.78, 5) is 29.6. The number of rotatable bonds is 3. The van der Waals surface area contributed by atoms with E-state index in [2.05, 4.69) is 28.9 Å². The zero-order valence-corrected chi connectivity index (χ0v) is 14.7. The highest BCUT2D eigenvalue weighted by atomic mass is 32.1. The molecule has 5 nitrogen and oxygen atoms in total. The summed E-state index contributed by atoms with van der Waals surface area (Å²) in [6, 6.07) is 7.67. The number of benzene rings is 1. The van der Waals surface area contributed by atoms with Gasteiger partial charge in [-0.25, -0.2) is 4.98 Å². The molecule has 1 aromatic carbocycles. The van der Waals surface area contributed by atoms with Crippen LogP contribution in [-0.2, 0) is 9.59 Å². The molecule has 0 radical (unpaired) electrons. The van der Waals surface area contributed by atoms with Gasteiger partial charge in [0.2, 0.25) is 11.8 Å². The number of piperidine rings is 1. The molecule has 2 aliphatic rings. The minimum Gasteiger partial charge on any atom is -0.354 e. The summed E-state index contributed by atoms with van der Waals surface area (Å²) in [5.41, 5.74) is 0.989. The van der Waals surface area contributed by atoms with E-state index >= 15 is 0 Å². The first-order valence-corrected chi connectivity index (χ1v) is 9.62. The van der Waals surface area contributed by atoms with Gasteiger partial charge in [0.25, 0.3) is 0 Å². The lowest BCUT2D eigenvalue weighted by Crippen LogP contribution is -2.52. The number of nitrogens with zero attached hydrogens (tertiary/aromatic N) is 1. The maximum absolute atomic E-state index is 12.9. The molecule has 6 heteroatoms. The van der Waals surface area contributed by atoms with Crippen LogP contribution >= 0.6 is 11.3 Å². The van der Waals surface area contributed by atoms with Crippen molar-refractivity contribution in [3.8, 4) is 0 Å². The van der Waals surface area contributed by atoms with Crippen molar-refractivity contribution in [2.75, 3.05) is 6.54 Å². The van der Waals surface area contributed by atoms with Gasteiger partial charge in [0.15, 0.2) is 0 Å². The molecule has 1 fully saturated rings. The monoisotopic (exact) mass is 355 g/mol. The lowest BCUT2D eigenvalue weighted by Gasteiger charge is -2.29. The van der Waals surface area contributed by atoms with Crippen LogP contribution < -0.4 is 10.6 Å². The van der Waals surface area contributed by atoms with Gasteiger partial charge < -0.3 is 10.6 Å². The maximum Gasteiger partial charge on any atom is 0.242 e. The fourth-order valence-electron chi connectivity index (χ4n) is 3.61. The molecule has 1 aliphatic carbocycles. The highest BCUT2D eigenvalue weighted by molar-refractivity contribution is 7.18. The molecule has 2 heterocycles. The van der Waals surface area contributed by atoms with Crippen LogP contribution in [0, 0.1) is 5.92 Å². The van der Waals surface area contributed by atoms with E-state index in [1.807, 2.05) is 18.2 Å². The molecule has 1 aromatic heterocycles. The Morgan fingerprint density at radius 2 is 2.08 bits per heavy atom. The van der Waals surface area contributed by atoms with E-state index in [0.29, 0.717) is 19.4 Å². The van der Waals surface area contributed by atoms with Gasteiger partial charge in [-0.3, -0.25) is 9.59 Å². The van der Waals surface area contributed by atoms with E-state index in [1.54, 1.807) is 11.3 Å². The number of hydrogen-bond acceptors (Lipinski definition) is 4. The minimum absolute atomic E-state index is 0.0318. The number of amides is 2. The zero-order chi connectivity index (χ0) is 17.2. The first kappa shape index (κ1) is 16.3. The summed E-state index contributed by atoms with van der Waals surface area (Å²) in [7, 11) is 0. The van der Waals surface area contributed by atoms with Crippen LogP contribution in [0.1, 0.15) is 36.6 Å². The van der Waals surface area contributed by atoms with Crippen molar-refractivity contribution in [3.05, 3.63) is 41.4 Å². The second-order valence-electron chi connectivity index (χ2n) is 6.67. The number of para-hydroxylation sites is 1. The number of hydrogen-bond donors (Lipinski definition) is 2. The van der Waals surface area contributed by atoms with Crippen molar-refractivity contribution in [2.45, 2.75) is 37.6 Å². The number of thiazole rings is 1. The summed E-state index contributed by atoms with van der Waals surface area (Å²) < 4.78 is 1.15. The van der Waals surface area contributed by atoms with Gasteiger partial charge in [0.05, 0.1) is 21.1 Å². The molecule has 0 spiro atoms. The second kappa shape index (κ2) is 6.96. The van der Waals surface area contributed by atoms with E-state index in [1.165, 1.54) is 0 Å². The van der Waals surface area contributed by atoms with Crippen LogP contribution in [-0.4, -0.2) is 29.4 Å². The van der Waals surface area contributed by atoms with Gasteiger partial charge in [0, 0.05) is 12.5 Å². The largest absolute Gasteiger partial charge is 0.354 e. The Kier molecular flexibility index (Phi) is 4.53. The molecule has 130 valence electrons. The topological polar surface area (TPSA) is 71.1 Å². The molecular weight excluding hydrogens is 334 g/mol. The molecule has 0 bridgehead atoms. The summed E-state index contributed by atoms with van der Waals surface area (Å²) in [6.07, 6.45) is 7.33. The van der Waals surface area contributed by atoms with Crippen LogP contribution in [0.4, 0.5) is 0 Å². The van der Waals surface area contributed by atoms with Crippen molar-refractivity contribution >= 4 is 33.4 Å². The Morgan fingerprint density at radius 3 is 2.92 bits per heavy atom. The molecule has 3 atom stereocenters. The third-order valence-electron chi connectivity index (χ3n) is 5.00. The third kappa shape index (κ3) is 3.31. The molecule has 4 rings (SSSR count). The fourth-order valence-corrected chi connectivity index (χ4v) is 4.76. The second-order valence-corrected chi connectivity index (χ2v) is 7.73. The SMILES string of the molecule is O=C1NCCC[C@@H]1NC(=O)[C@@H]1CC=CC[C@@H]1c1nc2ccccc2s1.